The van der Waals surface area contributed by atoms with E-state index in [2.05, 4.69) is 65.6 Å². The fraction of sp³-hybridized carbons (Fsp3) is 0.111. The first-order valence-electron chi connectivity index (χ1n) is 10.0. The van der Waals surface area contributed by atoms with Crippen molar-refractivity contribution in [2.75, 3.05) is 0 Å². The molecule has 2 nitrogen and oxygen atoms in total. The fourth-order valence-corrected chi connectivity index (χ4v) is 4.24. The van der Waals surface area contributed by atoms with Crippen molar-refractivity contribution in [2.24, 2.45) is 0 Å². The minimum atomic E-state index is 0.368. The summed E-state index contributed by atoms with van der Waals surface area (Å²) >= 11 is 0. The zero-order chi connectivity index (χ0) is 19.6. The first-order chi connectivity index (χ1) is 14.3. The number of Topliss-reactive ketones (excluding diaryl/α,β-unsaturated/α-hetero) is 1. The lowest BCUT2D eigenvalue weighted by Crippen LogP contribution is -2.13. The molecule has 1 aliphatic carbocycles. The van der Waals surface area contributed by atoms with Gasteiger partial charge < -0.3 is 0 Å². The highest BCUT2D eigenvalue weighted by atomic mass is 16.1. The molecule has 29 heavy (non-hydrogen) atoms. The summed E-state index contributed by atoms with van der Waals surface area (Å²) in [6, 6.07) is 29.3. The number of hydrogen-bond acceptors (Lipinski definition) is 2. The highest BCUT2D eigenvalue weighted by Gasteiger charge is 2.17. The number of ketones is 1. The van der Waals surface area contributed by atoms with Crippen LogP contribution in [0.3, 0.4) is 0 Å². The molecule has 1 heterocycles. The van der Waals surface area contributed by atoms with Crippen LogP contribution in [-0.4, -0.2) is 10.8 Å². The lowest BCUT2D eigenvalue weighted by molar-refractivity contribution is -0.118. The SMILES string of the molecule is O=C1CCc2c(ccc3c2ccc2ccccc23)C1.c1ccc2ncccc2c1. The van der Waals surface area contributed by atoms with E-state index in [1.165, 1.54) is 38.1 Å². The van der Waals surface area contributed by atoms with Gasteiger partial charge in [0, 0.05) is 24.4 Å². The molecular weight excluding hydrogens is 354 g/mol. The maximum atomic E-state index is 11.6. The number of pyridine rings is 1. The van der Waals surface area contributed by atoms with E-state index in [0.717, 1.165) is 11.9 Å². The third-order valence-corrected chi connectivity index (χ3v) is 5.69. The summed E-state index contributed by atoms with van der Waals surface area (Å²) in [6.07, 6.45) is 4.00. The smallest absolute Gasteiger partial charge is 0.137 e. The van der Waals surface area contributed by atoms with Crippen molar-refractivity contribution < 1.29 is 4.79 Å². The molecule has 0 spiro atoms. The van der Waals surface area contributed by atoms with E-state index in [1.54, 1.807) is 0 Å². The van der Waals surface area contributed by atoms with Crippen molar-refractivity contribution in [1.82, 2.24) is 4.98 Å². The molecule has 6 rings (SSSR count). The van der Waals surface area contributed by atoms with Crippen LogP contribution in [0.4, 0.5) is 0 Å². The Labute approximate surface area is 169 Å². The number of fused-ring (bicyclic) bond motifs is 6. The molecule has 0 amide bonds. The average Bonchev–Trinajstić information content (AvgIpc) is 2.79. The van der Waals surface area contributed by atoms with Gasteiger partial charge in [-0.15, -0.1) is 0 Å². The van der Waals surface area contributed by atoms with Gasteiger partial charge in [-0.1, -0.05) is 72.8 Å². The standard InChI is InChI=1S/C18H14O.C9H7N/c19-14-7-10-16-13(11-14)6-9-17-15-4-2-1-3-12(15)5-8-18(16)17;1-2-6-9-8(4-1)5-3-7-10-9/h1-6,8-9H,7,10-11H2;1-7H. The molecule has 0 unspecified atom stereocenters. The van der Waals surface area contributed by atoms with Crippen molar-refractivity contribution in [3.05, 3.63) is 102 Å². The van der Waals surface area contributed by atoms with Crippen LogP contribution in [0.1, 0.15) is 17.5 Å². The predicted octanol–water partition coefficient (Wildman–Crippen LogP) is 6.29. The Morgan fingerprint density at radius 1 is 0.621 bits per heavy atom. The van der Waals surface area contributed by atoms with Crippen LogP contribution in [-0.2, 0) is 17.6 Å². The van der Waals surface area contributed by atoms with Gasteiger partial charge in [0.1, 0.15) is 5.78 Å². The lowest BCUT2D eigenvalue weighted by Gasteiger charge is -2.18. The molecule has 1 aromatic heterocycles. The number of aromatic nitrogens is 1. The summed E-state index contributed by atoms with van der Waals surface area (Å²) < 4.78 is 0. The molecule has 5 aromatic rings. The number of rotatable bonds is 0. The molecule has 2 heteroatoms. The van der Waals surface area contributed by atoms with Crippen LogP contribution in [0.15, 0.2) is 91.1 Å². The molecule has 0 radical (unpaired) electrons. The van der Waals surface area contributed by atoms with Crippen LogP contribution in [0.2, 0.25) is 0 Å². The van der Waals surface area contributed by atoms with Gasteiger partial charge in [0.15, 0.2) is 0 Å². The lowest BCUT2D eigenvalue weighted by atomic mass is 9.86. The summed E-state index contributed by atoms with van der Waals surface area (Å²) in [6.45, 7) is 0. The Morgan fingerprint density at radius 3 is 2.28 bits per heavy atom. The minimum Gasteiger partial charge on any atom is -0.299 e. The molecule has 0 saturated carbocycles. The van der Waals surface area contributed by atoms with E-state index in [-0.39, 0.29) is 0 Å². The van der Waals surface area contributed by atoms with Gasteiger partial charge in [0.2, 0.25) is 0 Å². The largest absolute Gasteiger partial charge is 0.299 e. The van der Waals surface area contributed by atoms with Crippen LogP contribution in [0.25, 0.3) is 32.4 Å². The predicted molar refractivity (Wildman–Crippen MR) is 120 cm³/mol. The monoisotopic (exact) mass is 375 g/mol. The van der Waals surface area contributed by atoms with Gasteiger partial charge in [-0.05, 0) is 51.2 Å². The summed E-state index contributed by atoms with van der Waals surface area (Å²) in [5, 5.41) is 6.42. The molecule has 1 aliphatic rings. The first kappa shape index (κ1) is 17.6. The van der Waals surface area contributed by atoms with Gasteiger partial charge in [-0.25, -0.2) is 0 Å². The number of hydrogen-bond donors (Lipinski definition) is 0. The van der Waals surface area contributed by atoms with Crippen molar-refractivity contribution in [2.45, 2.75) is 19.3 Å². The Balaban J connectivity index is 0.000000153. The summed E-state index contributed by atoms with van der Waals surface area (Å²) in [7, 11) is 0. The first-order valence-corrected chi connectivity index (χ1v) is 10.0. The van der Waals surface area contributed by atoms with Crippen molar-refractivity contribution in [3.8, 4) is 0 Å². The fourth-order valence-electron chi connectivity index (χ4n) is 4.24. The van der Waals surface area contributed by atoms with Crippen LogP contribution < -0.4 is 0 Å². The average molecular weight is 375 g/mol. The zero-order valence-corrected chi connectivity index (χ0v) is 16.1. The highest BCUT2D eigenvalue weighted by molar-refractivity contribution is 6.09. The second-order valence-electron chi connectivity index (χ2n) is 7.50. The van der Waals surface area contributed by atoms with Gasteiger partial charge in [0.25, 0.3) is 0 Å². The minimum absolute atomic E-state index is 0.368. The number of benzene rings is 4. The topological polar surface area (TPSA) is 30.0 Å². The van der Waals surface area contributed by atoms with E-state index in [1.807, 2.05) is 30.5 Å². The summed E-state index contributed by atoms with van der Waals surface area (Å²) in [5.41, 5.74) is 3.66. The van der Waals surface area contributed by atoms with Crippen LogP contribution >= 0.6 is 0 Å². The van der Waals surface area contributed by atoms with Crippen molar-refractivity contribution in [1.29, 1.82) is 0 Å². The molecule has 4 aromatic carbocycles. The molecule has 140 valence electrons. The Hall–Kier alpha value is -3.52. The maximum Gasteiger partial charge on any atom is 0.137 e. The second-order valence-corrected chi connectivity index (χ2v) is 7.50. The molecule has 0 atom stereocenters. The Kier molecular flexibility index (Phi) is 4.53. The molecule has 0 saturated heterocycles. The maximum absolute atomic E-state index is 11.6. The number of nitrogens with zero attached hydrogens (tertiary/aromatic N) is 1. The van der Waals surface area contributed by atoms with E-state index in [4.69, 9.17) is 0 Å². The second kappa shape index (κ2) is 7.48. The highest BCUT2D eigenvalue weighted by Crippen LogP contribution is 2.32. The third-order valence-electron chi connectivity index (χ3n) is 5.69. The Bertz CT molecular complexity index is 1290. The van der Waals surface area contributed by atoms with Gasteiger partial charge in [-0.3, -0.25) is 9.78 Å². The summed E-state index contributed by atoms with van der Waals surface area (Å²) in [5.74, 6) is 0.368. The summed E-state index contributed by atoms with van der Waals surface area (Å²) in [4.78, 5) is 15.8. The third kappa shape index (κ3) is 3.38. The number of para-hydroxylation sites is 1. The van der Waals surface area contributed by atoms with Crippen LogP contribution in [0.5, 0.6) is 0 Å². The number of carbonyl (C=O) groups is 1. The van der Waals surface area contributed by atoms with E-state index in [9.17, 15) is 4.79 Å². The van der Waals surface area contributed by atoms with E-state index < -0.39 is 0 Å². The zero-order valence-electron chi connectivity index (χ0n) is 16.1. The van der Waals surface area contributed by atoms with Gasteiger partial charge in [0.05, 0.1) is 5.52 Å². The molecule has 0 bridgehead atoms. The molecule has 0 N–H and O–H groups in total. The quantitative estimate of drug-likeness (QED) is 0.298. The van der Waals surface area contributed by atoms with Crippen LogP contribution in [0, 0.1) is 0 Å². The Morgan fingerprint density at radius 2 is 1.38 bits per heavy atom. The normalized spacial score (nSPS) is 13.2. The number of aryl methyl sites for hydroxylation is 1. The van der Waals surface area contributed by atoms with E-state index in [0.29, 0.717) is 18.6 Å². The van der Waals surface area contributed by atoms with E-state index >= 15 is 0 Å². The van der Waals surface area contributed by atoms with Gasteiger partial charge >= 0.3 is 0 Å². The number of carbonyl (C=O) groups excluding carboxylic acids is 1. The van der Waals surface area contributed by atoms with Crippen molar-refractivity contribution in [3.63, 3.8) is 0 Å². The molecule has 0 aliphatic heterocycles. The van der Waals surface area contributed by atoms with Crippen molar-refractivity contribution >= 4 is 38.2 Å². The van der Waals surface area contributed by atoms with Gasteiger partial charge in [-0.2, -0.15) is 0 Å². The molecular formula is C27H21NO. The molecule has 0 fully saturated rings.